The van der Waals surface area contributed by atoms with Crippen molar-refractivity contribution >= 4 is 10.9 Å². The summed E-state index contributed by atoms with van der Waals surface area (Å²) in [5, 5.41) is 8.14. The molecule has 4 heteroatoms. The van der Waals surface area contributed by atoms with E-state index in [9.17, 15) is 0 Å². The van der Waals surface area contributed by atoms with E-state index in [1.807, 2.05) is 0 Å². The first-order valence-corrected chi connectivity index (χ1v) is 8.01. The summed E-state index contributed by atoms with van der Waals surface area (Å²) in [6, 6.07) is 6.56. The molecule has 0 radical (unpaired) electrons. The summed E-state index contributed by atoms with van der Waals surface area (Å²) in [5.74, 6) is 2.05. The van der Waals surface area contributed by atoms with E-state index in [0.29, 0.717) is 11.8 Å². The van der Waals surface area contributed by atoms with Crippen LogP contribution in [0.15, 0.2) is 18.2 Å². The first-order chi connectivity index (χ1) is 10.3. The van der Waals surface area contributed by atoms with E-state index in [0.717, 1.165) is 43.9 Å². The molecular formula is C17H22N4. The van der Waals surface area contributed by atoms with Gasteiger partial charge in [-0.2, -0.15) is 0 Å². The maximum absolute atomic E-state index is 5.01. The number of hydrogen-bond acceptors (Lipinski definition) is 4. The van der Waals surface area contributed by atoms with E-state index in [-0.39, 0.29) is 0 Å². The third-order valence-electron chi connectivity index (χ3n) is 4.77. The third-order valence-corrected chi connectivity index (χ3v) is 4.77. The monoisotopic (exact) mass is 282 g/mol. The quantitative estimate of drug-likeness (QED) is 0.885. The van der Waals surface area contributed by atoms with Crippen molar-refractivity contribution in [3.8, 4) is 0 Å². The summed E-state index contributed by atoms with van der Waals surface area (Å²) in [4.78, 5) is 9.87. The zero-order valence-corrected chi connectivity index (χ0v) is 12.5. The Morgan fingerprint density at radius 1 is 1.00 bits per heavy atom. The van der Waals surface area contributed by atoms with E-state index >= 15 is 0 Å². The Labute approximate surface area is 125 Å². The number of nitrogens with zero attached hydrogens (tertiary/aromatic N) is 2. The number of aromatic nitrogens is 2. The van der Waals surface area contributed by atoms with E-state index < -0.39 is 0 Å². The molecule has 2 saturated heterocycles. The van der Waals surface area contributed by atoms with E-state index in [1.54, 1.807) is 0 Å². The average molecular weight is 282 g/mol. The molecule has 2 aromatic rings. The normalized spacial score (nSPS) is 25.8. The molecule has 2 fully saturated rings. The summed E-state index contributed by atoms with van der Waals surface area (Å²) < 4.78 is 0. The van der Waals surface area contributed by atoms with Crippen molar-refractivity contribution in [3.63, 3.8) is 0 Å². The molecule has 0 spiro atoms. The summed E-state index contributed by atoms with van der Waals surface area (Å²) in [6.45, 7) is 6.38. The highest BCUT2D eigenvalue weighted by Crippen LogP contribution is 2.30. The number of hydrogen-bond donors (Lipinski definition) is 2. The zero-order valence-electron chi connectivity index (χ0n) is 12.5. The topological polar surface area (TPSA) is 49.8 Å². The van der Waals surface area contributed by atoms with Gasteiger partial charge in [0.1, 0.15) is 5.82 Å². The molecule has 2 atom stereocenters. The van der Waals surface area contributed by atoms with Crippen molar-refractivity contribution in [1.29, 1.82) is 0 Å². The molecule has 0 aliphatic carbocycles. The number of benzene rings is 1. The third kappa shape index (κ3) is 2.43. The minimum atomic E-state index is 0.476. The fraction of sp³-hybridized carbons (Fsp3) is 0.529. The van der Waals surface area contributed by atoms with Crippen LogP contribution in [0.3, 0.4) is 0 Å². The number of nitrogens with one attached hydrogen (secondary N) is 2. The molecule has 4 rings (SSSR count). The van der Waals surface area contributed by atoms with Crippen LogP contribution in [0.4, 0.5) is 0 Å². The molecular weight excluding hydrogens is 260 g/mol. The van der Waals surface area contributed by atoms with Crippen LogP contribution in [0.5, 0.6) is 0 Å². The highest BCUT2D eigenvalue weighted by atomic mass is 15.0. The lowest BCUT2D eigenvalue weighted by Crippen LogP contribution is -2.14. The van der Waals surface area contributed by atoms with Crippen LogP contribution in [-0.2, 0) is 0 Å². The molecule has 0 amide bonds. The van der Waals surface area contributed by atoms with Gasteiger partial charge in [0.2, 0.25) is 0 Å². The lowest BCUT2D eigenvalue weighted by Gasteiger charge is -2.16. The second kappa shape index (κ2) is 5.35. The molecule has 2 N–H and O–H groups in total. The van der Waals surface area contributed by atoms with Crippen molar-refractivity contribution < 1.29 is 0 Å². The Morgan fingerprint density at radius 3 is 2.48 bits per heavy atom. The molecule has 1 aromatic heterocycles. The van der Waals surface area contributed by atoms with Crippen molar-refractivity contribution in [2.75, 3.05) is 26.2 Å². The van der Waals surface area contributed by atoms with Crippen LogP contribution >= 0.6 is 0 Å². The Kier molecular flexibility index (Phi) is 3.36. The molecule has 2 unspecified atom stereocenters. The average Bonchev–Trinajstić information content (AvgIpc) is 3.19. The zero-order chi connectivity index (χ0) is 14.2. The van der Waals surface area contributed by atoms with Gasteiger partial charge in [-0.1, -0.05) is 11.6 Å². The summed E-state index contributed by atoms with van der Waals surface area (Å²) in [5.41, 5.74) is 3.66. The maximum Gasteiger partial charge on any atom is 0.133 e. The summed E-state index contributed by atoms with van der Waals surface area (Å²) >= 11 is 0. The van der Waals surface area contributed by atoms with Crippen LogP contribution in [0.2, 0.25) is 0 Å². The Morgan fingerprint density at radius 2 is 1.76 bits per heavy atom. The van der Waals surface area contributed by atoms with Crippen LogP contribution in [0.25, 0.3) is 10.9 Å². The number of fused-ring (bicyclic) bond motifs is 1. The summed E-state index contributed by atoms with van der Waals surface area (Å²) in [6.07, 6.45) is 2.34. The molecule has 4 nitrogen and oxygen atoms in total. The van der Waals surface area contributed by atoms with Gasteiger partial charge in [-0.25, -0.2) is 9.97 Å². The van der Waals surface area contributed by atoms with Gasteiger partial charge in [-0.3, -0.25) is 0 Å². The molecule has 0 bridgehead atoms. The Hall–Kier alpha value is -1.52. The number of aryl methyl sites for hydroxylation is 1. The minimum absolute atomic E-state index is 0.476. The predicted molar refractivity (Wildman–Crippen MR) is 84.7 cm³/mol. The maximum atomic E-state index is 5.01. The summed E-state index contributed by atoms with van der Waals surface area (Å²) in [7, 11) is 0. The van der Waals surface area contributed by atoms with Crippen LogP contribution in [-0.4, -0.2) is 36.1 Å². The highest BCUT2D eigenvalue weighted by molar-refractivity contribution is 5.82. The van der Waals surface area contributed by atoms with Gasteiger partial charge in [0, 0.05) is 30.3 Å². The van der Waals surface area contributed by atoms with Crippen molar-refractivity contribution in [2.24, 2.45) is 0 Å². The molecule has 3 heterocycles. The largest absolute Gasteiger partial charge is 0.316 e. The van der Waals surface area contributed by atoms with Crippen LogP contribution < -0.4 is 10.6 Å². The Bertz CT molecular complexity index is 655. The molecule has 110 valence electrons. The molecule has 21 heavy (non-hydrogen) atoms. The van der Waals surface area contributed by atoms with Gasteiger partial charge >= 0.3 is 0 Å². The lowest BCUT2D eigenvalue weighted by molar-refractivity contribution is 0.674. The van der Waals surface area contributed by atoms with Gasteiger partial charge < -0.3 is 10.6 Å². The molecule has 2 aliphatic heterocycles. The van der Waals surface area contributed by atoms with Gasteiger partial charge in [0.15, 0.2) is 0 Å². The number of rotatable bonds is 2. The first kappa shape index (κ1) is 13.2. The van der Waals surface area contributed by atoms with Crippen molar-refractivity contribution in [1.82, 2.24) is 20.6 Å². The van der Waals surface area contributed by atoms with E-state index in [1.165, 1.54) is 23.1 Å². The van der Waals surface area contributed by atoms with Crippen LogP contribution in [0, 0.1) is 6.92 Å². The molecule has 1 aromatic carbocycles. The van der Waals surface area contributed by atoms with Crippen molar-refractivity contribution in [3.05, 3.63) is 35.3 Å². The van der Waals surface area contributed by atoms with Gasteiger partial charge in [-0.05, 0) is 45.0 Å². The van der Waals surface area contributed by atoms with Crippen LogP contribution in [0.1, 0.15) is 41.8 Å². The second-order valence-corrected chi connectivity index (χ2v) is 6.37. The standard InChI is InChI=1S/C17H22N4/c1-11-2-3-15-14(8-11)16(12-4-6-18-9-12)21-17(20-15)13-5-7-19-10-13/h2-3,8,12-13,18-19H,4-7,9-10H2,1H3. The molecule has 0 saturated carbocycles. The van der Waals surface area contributed by atoms with Crippen molar-refractivity contribution in [2.45, 2.75) is 31.6 Å². The smallest absolute Gasteiger partial charge is 0.133 e. The SMILES string of the molecule is Cc1ccc2nc(C3CCNC3)nc(C3CCNC3)c2c1. The van der Waals surface area contributed by atoms with E-state index in [2.05, 4.69) is 35.8 Å². The lowest BCUT2D eigenvalue weighted by atomic mass is 9.98. The fourth-order valence-electron chi connectivity index (χ4n) is 3.54. The van der Waals surface area contributed by atoms with E-state index in [4.69, 9.17) is 9.97 Å². The van der Waals surface area contributed by atoms with Gasteiger partial charge in [0.25, 0.3) is 0 Å². The molecule has 2 aliphatic rings. The van der Waals surface area contributed by atoms with Gasteiger partial charge in [0.05, 0.1) is 11.2 Å². The highest BCUT2D eigenvalue weighted by Gasteiger charge is 2.25. The predicted octanol–water partition coefficient (Wildman–Crippen LogP) is 2.09. The Balaban J connectivity index is 1.87. The minimum Gasteiger partial charge on any atom is -0.316 e. The second-order valence-electron chi connectivity index (χ2n) is 6.37. The fourth-order valence-corrected chi connectivity index (χ4v) is 3.54. The first-order valence-electron chi connectivity index (χ1n) is 8.01. The van der Waals surface area contributed by atoms with Gasteiger partial charge in [-0.15, -0.1) is 0 Å².